The van der Waals surface area contributed by atoms with Gasteiger partial charge in [0.05, 0.1) is 10.6 Å². The molecule has 2 rings (SSSR count). The van der Waals surface area contributed by atoms with E-state index in [0.717, 1.165) is 11.6 Å². The fraction of sp³-hybridized carbons (Fsp3) is 0.200. The van der Waals surface area contributed by atoms with Crippen LogP contribution in [0.25, 0.3) is 0 Å². The van der Waals surface area contributed by atoms with Crippen molar-refractivity contribution in [1.82, 2.24) is 14.5 Å². The topological polar surface area (TPSA) is 127 Å². The maximum Gasteiger partial charge on any atom is 0.267 e. The molecule has 0 bridgehead atoms. The highest BCUT2D eigenvalue weighted by atomic mass is 32.2. The van der Waals surface area contributed by atoms with Crippen molar-refractivity contribution in [3.63, 3.8) is 0 Å². The molecule has 0 unspecified atom stereocenters. The number of rotatable bonds is 5. The van der Waals surface area contributed by atoms with Gasteiger partial charge in [0.15, 0.2) is 0 Å². The van der Waals surface area contributed by atoms with Crippen molar-refractivity contribution in [3.05, 3.63) is 52.4 Å². The molecule has 0 saturated heterocycles. The quantitative estimate of drug-likeness (QED) is 0.770. The summed E-state index contributed by atoms with van der Waals surface area (Å²) < 4.78 is 26.5. The van der Waals surface area contributed by atoms with Gasteiger partial charge in [0.1, 0.15) is 6.54 Å². The molecule has 0 fully saturated rings. The molecule has 10 heteroatoms. The normalized spacial score (nSPS) is 11.0. The van der Waals surface area contributed by atoms with Crippen LogP contribution in [0.1, 0.15) is 12.6 Å². The molecule has 2 aromatic rings. The van der Waals surface area contributed by atoms with Crippen LogP contribution in [0.15, 0.2) is 46.1 Å². The minimum absolute atomic E-state index is 0.114. The molecule has 0 saturated carbocycles. The Labute approximate surface area is 143 Å². The fourth-order valence-corrected chi connectivity index (χ4v) is 2.96. The van der Waals surface area contributed by atoms with Crippen LogP contribution in [0.2, 0.25) is 0 Å². The van der Waals surface area contributed by atoms with E-state index in [0.29, 0.717) is 11.4 Å². The second-order valence-electron chi connectivity index (χ2n) is 5.20. The van der Waals surface area contributed by atoms with E-state index in [1.807, 2.05) is 4.72 Å². The molecule has 0 aliphatic carbocycles. The van der Waals surface area contributed by atoms with Crippen LogP contribution >= 0.6 is 0 Å². The number of benzene rings is 1. The average Bonchev–Trinajstić information content (AvgIpc) is 2.50. The van der Waals surface area contributed by atoms with Crippen LogP contribution in [0.3, 0.4) is 0 Å². The van der Waals surface area contributed by atoms with E-state index < -0.39 is 27.4 Å². The lowest BCUT2D eigenvalue weighted by Crippen LogP contribution is -2.29. The zero-order valence-electron chi connectivity index (χ0n) is 13.5. The number of carbonyl (C=O) groups excluding carboxylic acids is 2. The number of hydrogen-bond acceptors (Lipinski definition) is 6. The van der Waals surface area contributed by atoms with E-state index in [2.05, 4.69) is 10.4 Å². The minimum Gasteiger partial charge on any atom is -0.324 e. The van der Waals surface area contributed by atoms with Gasteiger partial charge >= 0.3 is 0 Å². The smallest absolute Gasteiger partial charge is 0.267 e. The van der Waals surface area contributed by atoms with Gasteiger partial charge in [-0.2, -0.15) is 5.10 Å². The van der Waals surface area contributed by atoms with Crippen molar-refractivity contribution in [1.29, 1.82) is 0 Å². The van der Waals surface area contributed by atoms with Crippen molar-refractivity contribution in [2.75, 3.05) is 5.32 Å². The molecule has 0 radical (unpaired) electrons. The van der Waals surface area contributed by atoms with E-state index in [4.69, 9.17) is 0 Å². The number of carbonyl (C=O) groups is 2. The van der Waals surface area contributed by atoms with E-state index in [9.17, 15) is 22.8 Å². The van der Waals surface area contributed by atoms with E-state index >= 15 is 0 Å². The Balaban J connectivity index is 2.08. The summed E-state index contributed by atoms with van der Waals surface area (Å²) in [7, 11) is -3.93. The second-order valence-corrected chi connectivity index (χ2v) is 6.89. The standard InChI is InChI=1S/C15H16N4O5S/c1-10-3-8-15(22)19(17-10)9-14(21)16-12-4-6-13(7-5-12)25(23,24)18-11(2)20/h3-8H,9H2,1-2H3,(H,16,21)(H,18,20). The monoisotopic (exact) mass is 364 g/mol. The Bertz CT molecular complexity index is 964. The first-order valence-corrected chi connectivity index (χ1v) is 8.64. The second kappa shape index (κ2) is 7.26. The highest BCUT2D eigenvalue weighted by Crippen LogP contribution is 2.14. The van der Waals surface area contributed by atoms with Crippen molar-refractivity contribution >= 4 is 27.5 Å². The van der Waals surface area contributed by atoms with Gasteiger partial charge in [-0.15, -0.1) is 0 Å². The Hall–Kier alpha value is -3.01. The van der Waals surface area contributed by atoms with Gasteiger partial charge in [0, 0.05) is 18.7 Å². The SMILES string of the molecule is CC(=O)NS(=O)(=O)c1ccc(NC(=O)Cn2nc(C)ccc2=O)cc1. The summed E-state index contributed by atoms with van der Waals surface area (Å²) in [6, 6.07) is 8.11. The summed E-state index contributed by atoms with van der Waals surface area (Å²) in [5, 5.41) is 6.49. The van der Waals surface area contributed by atoms with Crippen molar-refractivity contribution in [3.8, 4) is 0 Å². The number of hydrogen-bond donors (Lipinski definition) is 2. The number of amides is 2. The molecule has 132 valence electrons. The van der Waals surface area contributed by atoms with Gasteiger partial charge in [0.2, 0.25) is 11.8 Å². The molecule has 9 nitrogen and oxygen atoms in total. The largest absolute Gasteiger partial charge is 0.324 e. The minimum atomic E-state index is -3.93. The molecule has 0 aliphatic rings. The summed E-state index contributed by atoms with van der Waals surface area (Å²) in [6.07, 6.45) is 0. The van der Waals surface area contributed by atoms with E-state index in [1.165, 1.54) is 30.3 Å². The predicted molar refractivity (Wildman–Crippen MR) is 89.3 cm³/mol. The summed E-state index contributed by atoms with van der Waals surface area (Å²) in [6.45, 7) is 2.52. The van der Waals surface area contributed by atoms with Crippen LogP contribution in [-0.4, -0.2) is 30.0 Å². The van der Waals surface area contributed by atoms with Crippen molar-refractivity contribution < 1.29 is 18.0 Å². The van der Waals surface area contributed by atoms with Gasteiger partial charge in [0.25, 0.3) is 15.6 Å². The first kappa shape index (κ1) is 18.3. The number of aromatic nitrogens is 2. The molecule has 25 heavy (non-hydrogen) atoms. The summed E-state index contributed by atoms with van der Waals surface area (Å²) >= 11 is 0. The Kier molecular flexibility index (Phi) is 5.32. The lowest BCUT2D eigenvalue weighted by molar-refractivity contribution is -0.118. The molecule has 1 aromatic carbocycles. The van der Waals surface area contributed by atoms with Crippen LogP contribution in [0, 0.1) is 6.92 Å². The maximum absolute atomic E-state index is 12.0. The highest BCUT2D eigenvalue weighted by Gasteiger charge is 2.15. The third kappa shape index (κ3) is 4.98. The van der Waals surface area contributed by atoms with Crippen molar-refractivity contribution in [2.24, 2.45) is 0 Å². The number of anilines is 1. The van der Waals surface area contributed by atoms with E-state index in [-0.39, 0.29) is 11.4 Å². The van der Waals surface area contributed by atoms with Crippen LogP contribution in [0.5, 0.6) is 0 Å². The predicted octanol–water partition coefficient (Wildman–Crippen LogP) is 0.0152. The Morgan fingerprint density at radius 1 is 1.12 bits per heavy atom. The molecular weight excluding hydrogens is 348 g/mol. The third-order valence-electron chi connectivity index (χ3n) is 3.02. The average molecular weight is 364 g/mol. The zero-order chi connectivity index (χ0) is 18.6. The van der Waals surface area contributed by atoms with Gasteiger partial charge in [-0.25, -0.2) is 17.8 Å². The number of nitrogens with one attached hydrogen (secondary N) is 2. The first-order chi connectivity index (χ1) is 11.7. The van der Waals surface area contributed by atoms with Gasteiger partial charge in [-0.05, 0) is 37.3 Å². The summed E-state index contributed by atoms with van der Waals surface area (Å²) in [5.74, 6) is -1.19. The number of aryl methyl sites for hydroxylation is 1. The van der Waals surface area contributed by atoms with Gasteiger partial charge in [-0.1, -0.05) is 0 Å². The molecule has 1 aromatic heterocycles. The van der Waals surface area contributed by atoms with E-state index in [1.54, 1.807) is 13.0 Å². The first-order valence-electron chi connectivity index (χ1n) is 7.15. The molecule has 1 heterocycles. The van der Waals surface area contributed by atoms with Crippen LogP contribution < -0.4 is 15.6 Å². The molecule has 2 N–H and O–H groups in total. The molecule has 2 amide bonds. The van der Waals surface area contributed by atoms with Crippen molar-refractivity contribution in [2.45, 2.75) is 25.3 Å². The van der Waals surface area contributed by atoms with Gasteiger partial charge < -0.3 is 5.32 Å². The molecular formula is C15H16N4O5S. The van der Waals surface area contributed by atoms with Gasteiger partial charge in [-0.3, -0.25) is 14.4 Å². The number of sulfonamides is 1. The molecule has 0 atom stereocenters. The molecule has 0 spiro atoms. The Morgan fingerprint density at radius 2 is 1.76 bits per heavy atom. The third-order valence-corrected chi connectivity index (χ3v) is 4.47. The summed E-state index contributed by atoms with van der Waals surface area (Å²) in [4.78, 5) is 34.4. The fourth-order valence-electron chi connectivity index (χ4n) is 1.97. The summed E-state index contributed by atoms with van der Waals surface area (Å²) in [5.41, 5.74) is 0.532. The van der Waals surface area contributed by atoms with Crippen LogP contribution in [0.4, 0.5) is 5.69 Å². The molecule has 0 aliphatic heterocycles. The highest BCUT2D eigenvalue weighted by molar-refractivity contribution is 7.90. The lowest BCUT2D eigenvalue weighted by Gasteiger charge is -2.08. The maximum atomic E-state index is 12.0. The lowest BCUT2D eigenvalue weighted by atomic mass is 10.3. The zero-order valence-corrected chi connectivity index (χ0v) is 14.3. The number of nitrogens with zero attached hydrogens (tertiary/aromatic N) is 2. The van der Waals surface area contributed by atoms with Crippen LogP contribution in [-0.2, 0) is 26.2 Å². The Morgan fingerprint density at radius 3 is 2.36 bits per heavy atom.